The Kier molecular flexibility index (Phi) is 5.85. The van der Waals surface area contributed by atoms with Crippen LogP contribution < -0.4 is 5.32 Å². The van der Waals surface area contributed by atoms with Crippen LogP contribution in [0, 0.1) is 0 Å². The normalized spacial score (nSPS) is 30.5. The van der Waals surface area contributed by atoms with E-state index in [1.807, 2.05) is 6.92 Å². The number of carbonyl (C=O) groups is 1. The van der Waals surface area contributed by atoms with Crippen molar-refractivity contribution in [2.24, 2.45) is 0 Å². The summed E-state index contributed by atoms with van der Waals surface area (Å²) in [6, 6.07) is 1.82. The lowest BCUT2D eigenvalue weighted by Gasteiger charge is -2.40. The minimum atomic E-state index is -0.0487. The standard InChI is InChI=1S/C16H30N2O2/c1-4-7-15(16(19)20-6-3)18(5-2)14-10-12-8-9-13(11-14)17-12/h12-15,17H,4-11H2,1-3H3. The van der Waals surface area contributed by atoms with Gasteiger partial charge in [0.1, 0.15) is 6.04 Å². The number of hydrogen-bond donors (Lipinski definition) is 1. The first-order valence-electron chi connectivity index (χ1n) is 8.37. The maximum Gasteiger partial charge on any atom is 0.323 e. The number of piperidine rings is 1. The van der Waals surface area contributed by atoms with Crippen LogP contribution >= 0.6 is 0 Å². The van der Waals surface area contributed by atoms with Crippen LogP contribution in [-0.2, 0) is 9.53 Å². The Balaban J connectivity index is 2.05. The lowest BCUT2D eigenvalue weighted by molar-refractivity contribution is -0.151. The van der Waals surface area contributed by atoms with E-state index in [4.69, 9.17) is 4.74 Å². The number of ether oxygens (including phenoxy) is 1. The van der Waals surface area contributed by atoms with Crippen molar-refractivity contribution in [3.05, 3.63) is 0 Å². The van der Waals surface area contributed by atoms with Gasteiger partial charge in [-0.05, 0) is 45.6 Å². The molecule has 2 rings (SSSR count). The number of rotatable bonds is 7. The molecule has 3 unspecified atom stereocenters. The summed E-state index contributed by atoms with van der Waals surface area (Å²) in [7, 11) is 0. The SMILES string of the molecule is CCCC(C(=O)OCC)N(CC)C1CC2CCC(C1)N2. The van der Waals surface area contributed by atoms with Crippen molar-refractivity contribution >= 4 is 5.97 Å². The Morgan fingerprint density at radius 3 is 2.40 bits per heavy atom. The maximum absolute atomic E-state index is 12.3. The van der Waals surface area contributed by atoms with Crippen LogP contribution in [0.5, 0.6) is 0 Å². The highest BCUT2D eigenvalue weighted by Gasteiger charge is 2.39. The highest BCUT2D eigenvalue weighted by molar-refractivity contribution is 5.75. The zero-order chi connectivity index (χ0) is 14.5. The number of nitrogens with zero attached hydrogens (tertiary/aromatic N) is 1. The van der Waals surface area contributed by atoms with Gasteiger partial charge in [0.05, 0.1) is 6.61 Å². The molecule has 0 aromatic carbocycles. The second-order valence-corrected chi connectivity index (χ2v) is 6.15. The average molecular weight is 282 g/mol. The smallest absolute Gasteiger partial charge is 0.323 e. The summed E-state index contributed by atoms with van der Waals surface area (Å²) < 4.78 is 5.30. The molecule has 0 radical (unpaired) electrons. The molecule has 3 atom stereocenters. The lowest BCUT2D eigenvalue weighted by atomic mass is 9.95. The third-order valence-electron chi connectivity index (χ3n) is 4.80. The van der Waals surface area contributed by atoms with E-state index >= 15 is 0 Å². The van der Waals surface area contributed by atoms with Crippen LogP contribution in [-0.4, -0.2) is 48.2 Å². The molecule has 2 aliphatic rings. The fraction of sp³-hybridized carbons (Fsp3) is 0.938. The number of esters is 1. The van der Waals surface area contributed by atoms with Gasteiger partial charge in [-0.1, -0.05) is 20.3 Å². The van der Waals surface area contributed by atoms with Gasteiger partial charge in [-0.15, -0.1) is 0 Å². The fourth-order valence-corrected chi connectivity index (χ4v) is 3.96. The van der Waals surface area contributed by atoms with E-state index in [2.05, 4.69) is 24.1 Å². The highest BCUT2D eigenvalue weighted by atomic mass is 16.5. The molecule has 2 aliphatic heterocycles. The molecule has 0 aromatic rings. The summed E-state index contributed by atoms with van der Waals surface area (Å²) in [6.07, 6.45) is 6.91. The Labute approximate surface area is 123 Å². The molecule has 2 saturated heterocycles. The third kappa shape index (κ3) is 3.53. The van der Waals surface area contributed by atoms with Gasteiger partial charge in [0.25, 0.3) is 0 Å². The first kappa shape index (κ1) is 15.8. The Morgan fingerprint density at radius 2 is 1.90 bits per heavy atom. The molecular weight excluding hydrogens is 252 g/mol. The van der Waals surface area contributed by atoms with Crippen LogP contribution in [0.15, 0.2) is 0 Å². The zero-order valence-electron chi connectivity index (χ0n) is 13.2. The van der Waals surface area contributed by atoms with E-state index in [0.29, 0.717) is 24.7 Å². The summed E-state index contributed by atoms with van der Waals surface area (Å²) in [5, 5.41) is 3.68. The van der Waals surface area contributed by atoms with Crippen molar-refractivity contribution in [2.45, 2.75) is 83.5 Å². The molecule has 4 nitrogen and oxygen atoms in total. The van der Waals surface area contributed by atoms with Crippen LogP contribution in [0.3, 0.4) is 0 Å². The van der Waals surface area contributed by atoms with Gasteiger partial charge >= 0.3 is 5.97 Å². The van der Waals surface area contributed by atoms with Gasteiger partial charge in [0, 0.05) is 18.1 Å². The number of carbonyl (C=O) groups excluding carboxylic acids is 1. The molecule has 0 saturated carbocycles. The molecule has 0 amide bonds. The van der Waals surface area contributed by atoms with E-state index in [1.165, 1.54) is 25.7 Å². The molecule has 0 aliphatic carbocycles. The van der Waals surface area contributed by atoms with Crippen molar-refractivity contribution in [2.75, 3.05) is 13.2 Å². The van der Waals surface area contributed by atoms with Gasteiger partial charge in [0.2, 0.25) is 0 Å². The van der Waals surface area contributed by atoms with Crippen molar-refractivity contribution in [3.8, 4) is 0 Å². The van der Waals surface area contributed by atoms with Crippen LogP contribution in [0.25, 0.3) is 0 Å². The van der Waals surface area contributed by atoms with Crippen LogP contribution in [0.1, 0.15) is 59.3 Å². The molecule has 2 heterocycles. The van der Waals surface area contributed by atoms with Crippen molar-refractivity contribution in [3.63, 3.8) is 0 Å². The number of hydrogen-bond acceptors (Lipinski definition) is 4. The summed E-state index contributed by atoms with van der Waals surface area (Å²) in [6.45, 7) is 7.63. The molecule has 2 bridgehead atoms. The predicted molar refractivity (Wildman–Crippen MR) is 80.7 cm³/mol. The van der Waals surface area contributed by atoms with E-state index in [-0.39, 0.29) is 12.0 Å². The maximum atomic E-state index is 12.3. The monoisotopic (exact) mass is 282 g/mol. The quantitative estimate of drug-likeness (QED) is 0.728. The summed E-state index contributed by atoms with van der Waals surface area (Å²) in [4.78, 5) is 14.7. The molecular formula is C16H30N2O2. The summed E-state index contributed by atoms with van der Waals surface area (Å²) >= 11 is 0. The van der Waals surface area contributed by atoms with Crippen molar-refractivity contribution in [1.29, 1.82) is 0 Å². The van der Waals surface area contributed by atoms with E-state index < -0.39 is 0 Å². The number of nitrogens with one attached hydrogen (secondary N) is 1. The minimum Gasteiger partial charge on any atom is -0.465 e. The fourth-order valence-electron chi connectivity index (χ4n) is 3.96. The predicted octanol–water partition coefficient (Wildman–Crippen LogP) is 2.32. The van der Waals surface area contributed by atoms with Crippen molar-refractivity contribution in [1.82, 2.24) is 10.2 Å². The number of fused-ring (bicyclic) bond motifs is 2. The second-order valence-electron chi connectivity index (χ2n) is 6.15. The molecule has 4 heteroatoms. The lowest BCUT2D eigenvalue weighted by Crippen LogP contribution is -2.53. The summed E-state index contributed by atoms with van der Waals surface area (Å²) in [5.41, 5.74) is 0. The molecule has 20 heavy (non-hydrogen) atoms. The van der Waals surface area contributed by atoms with E-state index in [9.17, 15) is 4.79 Å². The van der Waals surface area contributed by atoms with Gasteiger partial charge in [-0.2, -0.15) is 0 Å². The Hall–Kier alpha value is -0.610. The molecule has 0 spiro atoms. The first-order valence-corrected chi connectivity index (χ1v) is 8.37. The molecule has 0 aromatic heterocycles. The zero-order valence-corrected chi connectivity index (χ0v) is 13.2. The molecule has 116 valence electrons. The molecule has 2 fully saturated rings. The Morgan fingerprint density at radius 1 is 1.25 bits per heavy atom. The van der Waals surface area contributed by atoms with E-state index in [1.54, 1.807) is 0 Å². The van der Waals surface area contributed by atoms with Gasteiger partial charge in [-0.3, -0.25) is 9.69 Å². The Bertz CT molecular complexity index is 310. The van der Waals surface area contributed by atoms with Gasteiger partial charge in [-0.25, -0.2) is 0 Å². The largest absolute Gasteiger partial charge is 0.465 e. The van der Waals surface area contributed by atoms with Gasteiger partial charge in [0.15, 0.2) is 0 Å². The average Bonchev–Trinajstić information content (AvgIpc) is 2.78. The minimum absolute atomic E-state index is 0.0259. The van der Waals surface area contributed by atoms with Gasteiger partial charge < -0.3 is 10.1 Å². The van der Waals surface area contributed by atoms with E-state index in [0.717, 1.165) is 19.4 Å². The summed E-state index contributed by atoms with van der Waals surface area (Å²) in [5.74, 6) is -0.0259. The van der Waals surface area contributed by atoms with Crippen LogP contribution in [0.2, 0.25) is 0 Å². The third-order valence-corrected chi connectivity index (χ3v) is 4.80. The topological polar surface area (TPSA) is 41.6 Å². The van der Waals surface area contributed by atoms with Crippen LogP contribution in [0.4, 0.5) is 0 Å². The first-order chi connectivity index (χ1) is 9.69. The second kappa shape index (κ2) is 7.41. The van der Waals surface area contributed by atoms with Crippen molar-refractivity contribution < 1.29 is 9.53 Å². The number of likely N-dealkylation sites (N-methyl/N-ethyl adjacent to an activating group) is 1. The molecule has 1 N–H and O–H groups in total. The highest BCUT2D eigenvalue weighted by Crippen LogP contribution is 2.31.